The van der Waals surface area contributed by atoms with Gasteiger partial charge in [-0.3, -0.25) is 0 Å². The van der Waals surface area contributed by atoms with Gasteiger partial charge in [-0.1, -0.05) is 42.5 Å². The topological polar surface area (TPSA) is 23.5 Å². The van der Waals surface area contributed by atoms with Crippen LogP contribution in [0.15, 0.2) is 54.6 Å². The summed E-state index contributed by atoms with van der Waals surface area (Å²) in [6.07, 6.45) is -0.462. The molecule has 94 valence electrons. The number of nitrogens with zero attached hydrogens (tertiary/aromatic N) is 1. The highest BCUT2D eigenvalue weighted by Gasteiger charge is 2.12. The van der Waals surface area contributed by atoms with Crippen molar-refractivity contribution in [3.8, 4) is 0 Å². The summed E-state index contributed by atoms with van der Waals surface area (Å²) in [5, 5.41) is 10.3. The fraction of sp³-hybridized carbons (Fsp3) is 0.250. The Hall–Kier alpha value is -1.80. The minimum absolute atomic E-state index is 0.462. The number of hydrogen-bond acceptors (Lipinski definition) is 2. The van der Waals surface area contributed by atoms with Gasteiger partial charge in [0, 0.05) is 19.3 Å². The summed E-state index contributed by atoms with van der Waals surface area (Å²) in [6.45, 7) is 2.62. The largest absolute Gasteiger partial charge is 0.387 e. The number of anilines is 1. The first-order valence-electron chi connectivity index (χ1n) is 6.18. The lowest BCUT2D eigenvalue weighted by molar-refractivity contribution is 0.184. The molecule has 0 bridgehead atoms. The molecule has 0 heterocycles. The fourth-order valence-electron chi connectivity index (χ4n) is 2.11. The van der Waals surface area contributed by atoms with E-state index in [2.05, 4.69) is 4.90 Å². The number of benzene rings is 2. The van der Waals surface area contributed by atoms with E-state index in [-0.39, 0.29) is 0 Å². The molecule has 0 amide bonds. The number of aliphatic hydroxyl groups is 1. The molecule has 0 spiro atoms. The first-order valence-corrected chi connectivity index (χ1v) is 6.18. The van der Waals surface area contributed by atoms with Crippen LogP contribution < -0.4 is 4.90 Å². The minimum atomic E-state index is -0.462. The highest BCUT2D eigenvalue weighted by Crippen LogP contribution is 2.20. The Labute approximate surface area is 109 Å². The summed E-state index contributed by atoms with van der Waals surface area (Å²) in [5.74, 6) is 0. The predicted octanol–water partition coefficient (Wildman–Crippen LogP) is 3.16. The van der Waals surface area contributed by atoms with Crippen LogP contribution in [-0.2, 0) is 0 Å². The molecule has 0 aliphatic carbocycles. The lowest BCUT2D eigenvalue weighted by atomic mass is 10.0. The Kier molecular flexibility index (Phi) is 4.00. The van der Waals surface area contributed by atoms with Crippen molar-refractivity contribution >= 4 is 5.69 Å². The molecule has 2 rings (SSSR count). The Bertz CT molecular complexity index is 495. The third kappa shape index (κ3) is 2.90. The molecule has 0 saturated heterocycles. The molecule has 1 N–H and O–H groups in total. The van der Waals surface area contributed by atoms with Crippen LogP contribution in [0.25, 0.3) is 0 Å². The van der Waals surface area contributed by atoms with Crippen LogP contribution in [0.2, 0.25) is 0 Å². The molecule has 18 heavy (non-hydrogen) atoms. The maximum Gasteiger partial charge on any atom is 0.0967 e. The first kappa shape index (κ1) is 12.7. The number of aliphatic hydroxyl groups excluding tert-OH is 1. The second-order valence-corrected chi connectivity index (χ2v) is 4.59. The van der Waals surface area contributed by atoms with Gasteiger partial charge in [0.1, 0.15) is 0 Å². The van der Waals surface area contributed by atoms with Gasteiger partial charge in [-0.05, 0) is 30.2 Å². The fourth-order valence-corrected chi connectivity index (χ4v) is 2.11. The monoisotopic (exact) mass is 241 g/mol. The standard InChI is InChI=1S/C16H19NO/c1-13-8-6-7-11-15(13)16(18)12-17(2)14-9-4-3-5-10-14/h3-11,16,18H,12H2,1-2H3. The van der Waals surface area contributed by atoms with Crippen LogP contribution in [0.1, 0.15) is 17.2 Å². The van der Waals surface area contributed by atoms with Crippen molar-refractivity contribution in [1.82, 2.24) is 0 Å². The predicted molar refractivity (Wildman–Crippen MR) is 75.9 cm³/mol. The molecule has 0 aliphatic heterocycles. The summed E-state index contributed by atoms with van der Waals surface area (Å²) < 4.78 is 0. The summed E-state index contributed by atoms with van der Waals surface area (Å²) in [4.78, 5) is 2.07. The quantitative estimate of drug-likeness (QED) is 0.888. The van der Waals surface area contributed by atoms with Crippen LogP contribution >= 0.6 is 0 Å². The first-order chi connectivity index (χ1) is 8.68. The normalized spacial score (nSPS) is 12.2. The van der Waals surface area contributed by atoms with Crippen molar-refractivity contribution in [2.75, 3.05) is 18.5 Å². The number of likely N-dealkylation sites (N-methyl/N-ethyl adjacent to an activating group) is 1. The molecule has 0 saturated carbocycles. The zero-order chi connectivity index (χ0) is 13.0. The van der Waals surface area contributed by atoms with Gasteiger partial charge >= 0.3 is 0 Å². The number of hydrogen-bond donors (Lipinski definition) is 1. The zero-order valence-electron chi connectivity index (χ0n) is 10.9. The maximum atomic E-state index is 10.3. The lowest BCUT2D eigenvalue weighted by Crippen LogP contribution is -2.24. The van der Waals surface area contributed by atoms with E-state index in [1.165, 1.54) is 0 Å². The van der Waals surface area contributed by atoms with Crippen LogP contribution in [0.4, 0.5) is 5.69 Å². The van der Waals surface area contributed by atoms with E-state index in [4.69, 9.17) is 0 Å². The van der Waals surface area contributed by atoms with Crippen LogP contribution in [0, 0.1) is 6.92 Å². The maximum absolute atomic E-state index is 10.3. The van der Waals surface area contributed by atoms with Gasteiger partial charge in [-0.15, -0.1) is 0 Å². The molecule has 2 aromatic rings. The van der Waals surface area contributed by atoms with Crippen molar-refractivity contribution in [3.63, 3.8) is 0 Å². The van der Waals surface area contributed by atoms with Crippen LogP contribution in [-0.4, -0.2) is 18.7 Å². The van der Waals surface area contributed by atoms with E-state index < -0.39 is 6.10 Å². The molecule has 2 nitrogen and oxygen atoms in total. The van der Waals surface area contributed by atoms with Gasteiger partial charge in [-0.25, -0.2) is 0 Å². The Morgan fingerprint density at radius 3 is 2.28 bits per heavy atom. The Morgan fingerprint density at radius 1 is 1.00 bits per heavy atom. The average molecular weight is 241 g/mol. The van der Waals surface area contributed by atoms with Crippen molar-refractivity contribution in [2.24, 2.45) is 0 Å². The zero-order valence-corrected chi connectivity index (χ0v) is 10.9. The average Bonchev–Trinajstić information content (AvgIpc) is 2.40. The third-order valence-corrected chi connectivity index (χ3v) is 3.19. The highest BCUT2D eigenvalue weighted by atomic mass is 16.3. The van der Waals surface area contributed by atoms with Gasteiger partial charge in [0.15, 0.2) is 0 Å². The number of rotatable bonds is 4. The third-order valence-electron chi connectivity index (χ3n) is 3.19. The van der Waals surface area contributed by atoms with Gasteiger partial charge in [-0.2, -0.15) is 0 Å². The molecule has 1 atom stereocenters. The van der Waals surface area contributed by atoms with E-state index >= 15 is 0 Å². The van der Waals surface area contributed by atoms with Crippen LogP contribution in [0.3, 0.4) is 0 Å². The molecule has 0 radical (unpaired) electrons. The second kappa shape index (κ2) is 5.69. The lowest BCUT2D eigenvalue weighted by Gasteiger charge is -2.23. The minimum Gasteiger partial charge on any atom is -0.387 e. The van der Waals surface area contributed by atoms with Crippen LogP contribution in [0.5, 0.6) is 0 Å². The van der Waals surface area contributed by atoms with Gasteiger partial charge in [0.25, 0.3) is 0 Å². The summed E-state index contributed by atoms with van der Waals surface area (Å²) >= 11 is 0. The Balaban J connectivity index is 2.08. The van der Waals surface area contributed by atoms with Crippen molar-refractivity contribution < 1.29 is 5.11 Å². The summed E-state index contributed by atoms with van der Waals surface area (Å²) in [6, 6.07) is 18.1. The van der Waals surface area contributed by atoms with Gasteiger partial charge in [0.2, 0.25) is 0 Å². The SMILES string of the molecule is Cc1ccccc1C(O)CN(C)c1ccccc1. The highest BCUT2D eigenvalue weighted by molar-refractivity contribution is 5.45. The molecule has 0 aliphatic rings. The number of aryl methyl sites for hydroxylation is 1. The smallest absolute Gasteiger partial charge is 0.0967 e. The van der Waals surface area contributed by atoms with Gasteiger partial charge < -0.3 is 10.0 Å². The van der Waals surface area contributed by atoms with E-state index in [0.717, 1.165) is 16.8 Å². The molecular formula is C16H19NO. The molecular weight excluding hydrogens is 222 g/mol. The van der Waals surface area contributed by atoms with Crippen molar-refractivity contribution in [3.05, 3.63) is 65.7 Å². The molecule has 2 aromatic carbocycles. The summed E-state index contributed by atoms with van der Waals surface area (Å²) in [7, 11) is 2.00. The van der Waals surface area contributed by atoms with Gasteiger partial charge in [0.05, 0.1) is 6.10 Å². The molecule has 1 unspecified atom stereocenters. The Morgan fingerprint density at radius 2 is 1.61 bits per heavy atom. The second-order valence-electron chi connectivity index (χ2n) is 4.59. The summed E-state index contributed by atoms with van der Waals surface area (Å²) in [5.41, 5.74) is 3.25. The van der Waals surface area contributed by atoms with E-state index in [1.807, 2.05) is 68.6 Å². The van der Waals surface area contributed by atoms with E-state index in [0.29, 0.717) is 6.54 Å². The molecule has 0 aromatic heterocycles. The number of para-hydroxylation sites is 1. The van der Waals surface area contributed by atoms with E-state index in [9.17, 15) is 5.11 Å². The van der Waals surface area contributed by atoms with Crippen molar-refractivity contribution in [2.45, 2.75) is 13.0 Å². The molecule has 0 fully saturated rings. The van der Waals surface area contributed by atoms with Crippen molar-refractivity contribution in [1.29, 1.82) is 0 Å². The molecule has 2 heteroatoms. The van der Waals surface area contributed by atoms with E-state index in [1.54, 1.807) is 0 Å².